The van der Waals surface area contributed by atoms with Crippen molar-refractivity contribution in [3.8, 4) is 11.5 Å². The van der Waals surface area contributed by atoms with Crippen molar-refractivity contribution in [3.63, 3.8) is 0 Å². The first-order valence-corrected chi connectivity index (χ1v) is 12.4. The molecule has 0 atom stereocenters. The molecule has 9 nitrogen and oxygen atoms in total. The SMILES string of the molecule is [B][n+]1ccn(C)c1C(=Nc1cccc(Oc2ccc(N=C(OC)c3n(CCCC)cc[n+]3C)cc2)c1)OC. The summed E-state index contributed by atoms with van der Waals surface area (Å²) in [6.45, 7) is 3.09. The van der Waals surface area contributed by atoms with Crippen LogP contribution < -0.4 is 13.8 Å². The summed E-state index contributed by atoms with van der Waals surface area (Å²) >= 11 is 0. The highest BCUT2D eigenvalue weighted by Gasteiger charge is 2.22. The molecule has 0 aliphatic carbocycles. The molecule has 194 valence electrons. The molecular formula is C28H33BN6O3+2. The van der Waals surface area contributed by atoms with Crippen molar-refractivity contribution in [2.75, 3.05) is 14.2 Å². The third-order valence-electron chi connectivity index (χ3n) is 5.98. The van der Waals surface area contributed by atoms with Crippen molar-refractivity contribution < 1.29 is 23.3 Å². The second-order valence-corrected chi connectivity index (χ2v) is 8.76. The van der Waals surface area contributed by atoms with Gasteiger partial charge in [-0.3, -0.25) is 4.48 Å². The van der Waals surface area contributed by atoms with E-state index in [1.54, 1.807) is 20.4 Å². The molecule has 0 unspecified atom stereocenters. The third-order valence-corrected chi connectivity index (χ3v) is 5.98. The fraction of sp³-hybridized carbons (Fsp3) is 0.286. The van der Waals surface area contributed by atoms with E-state index in [1.807, 2.05) is 84.2 Å². The van der Waals surface area contributed by atoms with Crippen LogP contribution in [0.15, 0.2) is 83.3 Å². The second-order valence-electron chi connectivity index (χ2n) is 8.76. The standard InChI is InChI=1S/C28H33BN6O3/c1-6-7-15-34-18-16-32(2)27(34)25(36-4)30-21-11-13-23(14-12-21)38-24-10-8-9-22(20-24)31-26(37-5)28-33(3)17-19-35(28)29/h8-14,16-20H,6-7,15H2,1-5H3/q+2. The quantitative estimate of drug-likeness (QED) is 0.148. The van der Waals surface area contributed by atoms with E-state index in [0.717, 1.165) is 30.9 Å². The number of hydrogen-bond donors (Lipinski definition) is 0. The molecule has 0 N–H and O–H groups in total. The Kier molecular flexibility index (Phi) is 8.63. The lowest BCUT2D eigenvalue weighted by atomic mass is 10.3. The largest absolute Gasteiger partial charge is 0.475 e. The molecule has 4 aromatic rings. The highest BCUT2D eigenvalue weighted by Crippen LogP contribution is 2.27. The maximum Gasteiger partial charge on any atom is 0.409 e. The van der Waals surface area contributed by atoms with Gasteiger partial charge in [0.1, 0.15) is 36.3 Å². The third kappa shape index (κ3) is 6.14. The molecule has 10 heteroatoms. The molecular weight excluding hydrogens is 479 g/mol. The number of aryl methyl sites for hydroxylation is 3. The van der Waals surface area contributed by atoms with Gasteiger partial charge in [0.2, 0.25) is 0 Å². The van der Waals surface area contributed by atoms with E-state index in [0.29, 0.717) is 34.8 Å². The predicted octanol–water partition coefficient (Wildman–Crippen LogP) is 3.91. The van der Waals surface area contributed by atoms with E-state index in [9.17, 15) is 0 Å². The van der Waals surface area contributed by atoms with Crippen LogP contribution in [-0.4, -0.2) is 43.1 Å². The molecule has 38 heavy (non-hydrogen) atoms. The number of imidazole rings is 2. The monoisotopic (exact) mass is 512 g/mol. The number of methoxy groups -OCH3 is 2. The van der Waals surface area contributed by atoms with Gasteiger partial charge in [-0.15, -0.1) is 0 Å². The lowest BCUT2D eigenvalue weighted by Crippen LogP contribution is -2.38. The number of aromatic nitrogens is 4. The molecule has 0 spiro atoms. The van der Waals surface area contributed by atoms with Gasteiger partial charge in [0.25, 0.3) is 0 Å². The lowest BCUT2D eigenvalue weighted by Gasteiger charge is -2.08. The number of hydrogen-bond acceptors (Lipinski definition) is 5. The number of aliphatic imine (C=N–C) groups is 2. The maximum absolute atomic E-state index is 6.08. The van der Waals surface area contributed by atoms with E-state index >= 15 is 0 Å². The zero-order chi connectivity index (χ0) is 27.1. The highest BCUT2D eigenvalue weighted by atomic mass is 16.5. The van der Waals surface area contributed by atoms with E-state index in [4.69, 9.17) is 27.2 Å². The Morgan fingerprint density at radius 3 is 2.26 bits per heavy atom. The van der Waals surface area contributed by atoms with Crippen LogP contribution in [0.4, 0.5) is 11.4 Å². The Balaban J connectivity index is 1.52. The number of benzene rings is 2. The molecule has 2 aromatic carbocycles. The van der Waals surface area contributed by atoms with E-state index < -0.39 is 0 Å². The van der Waals surface area contributed by atoms with Crippen LogP contribution in [0.3, 0.4) is 0 Å². The van der Waals surface area contributed by atoms with Gasteiger partial charge in [0.05, 0.1) is 46.2 Å². The Bertz CT molecular complexity index is 1420. The first-order valence-electron chi connectivity index (χ1n) is 12.4. The first-order chi connectivity index (χ1) is 18.4. The fourth-order valence-corrected chi connectivity index (χ4v) is 4.01. The van der Waals surface area contributed by atoms with Gasteiger partial charge < -0.3 is 14.2 Å². The van der Waals surface area contributed by atoms with Crippen molar-refractivity contribution in [3.05, 3.63) is 85.0 Å². The van der Waals surface area contributed by atoms with Gasteiger partial charge in [0, 0.05) is 6.07 Å². The summed E-state index contributed by atoms with van der Waals surface area (Å²) in [5.41, 5.74) is 1.43. The van der Waals surface area contributed by atoms with Crippen molar-refractivity contribution in [2.45, 2.75) is 26.3 Å². The Hall–Kier alpha value is -4.34. The van der Waals surface area contributed by atoms with Crippen molar-refractivity contribution in [1.29, 1.82) is 0 Å². The summed E-state index contributed by atoms with van der Waals surface area (Å²) in [7, 11) is 13.1. The van der Waals surface area contributed by atoms with Gasteiger partial charge in [0.15, 0.2) is 0 Å². The van der Waals surface area contributed by atoms with Gasteiger partial charge in [-0.25, -0.2) is 23.7 Å². The van der Waals surface area contributed by atoms with E-state index in [-0.39, 0.29) is 0 Å². The predicted molar refractivity (Wildman–Crippen MR) is 147 cm³/mol. The van der Waals surface area contributed by atoms with Crippen molar-refractivity contribution in [2.24, 2.45) is 24.1 Å². The molecule has 2 heterocycles. The topological polar surface area (TPSA) is 70.0 Å². The van der Waals surface area contributed by atoms with Gasteiger partial charge >= 0.3 is 31.4 Å². The van der Waals surface area contributed by atoms with Crippen LogP contribution in [0.25, 0.3) is 0 Å². The number of ether oxygens (including phenoxy) is 3. The molecule has 0 saturated heterocycles. The minimum absolute atomic E-state index is 0.391. The van der Waals surface area contributed by atoms with Gasteiger partial charge in [-0.1, -0.05) is 19.4 Å². The molecule has 0 fully saturated rings. The fourth-order valence-electron chi connectivity index (χ4n) is 4.01. The number of unbranched alkanes of at least 4 members (excludes halogenated alkanes) is 1. The van der Waals surface area contributed by atoms with Gasteiger partial charge in [-0.2, -0.15) is 0 Å². The molecule has 0 bridgehead atoms. The average Bonchev–Trinajstić information content (AvgIpc) is 3.46. The van der Waals surface area contributed by atoms with Gasteiger partial charge in [-0.05, 0) is 42.8 Å². The molecule has 2 aromatic heterocycles. The highest BCUT2D eigenvalue weighted by molar-refractivity contribution is 5.99. The Labute approximate surface area is 224 Å². The smallest absolute Gasteiger partial charge is 0.409 e. The van der Waals surface area contributed by atoms with Crippen molar-refractivity contribution >= 4 is 31.2 Å². The minimum Gasteiger partial charge on any atom is -0.475 e. The Morgan fingerprint density at radius 2 is 1.61 bits per heavy atom. The number of rotatable bonds is 9. The van der Waals surface area contributed by atoms with Crippen LogP contribution >= 0.6 is 0 Å². The van der Waals surface area contributed by atoms with Crippen molar-refractivity contribution in [1.82, 2.24) is 9.13 Å². The zero-order valence-corrected chi connectivity index (χ0v) is 22.5. The van der Waals surface area contributed by atoms with E-state index in [1.165, 1.54) is 4.48 Å². The molecule has 0 aliphatic rings. The van der Waals surface area contributed by atoms with E-state index in [2.05, 4.69) is 22.7 Å². The molecule has 0 aliphatic heterocycles. The average molecular weight is 512 g/mol. The van der Waals surface area contributed by atoms with Crippen LogP contribution in [0.2, 0.25) is 0 Å². The summed E-state index contributed by atoms with van der Waals surface area (Å²) in [6, 6.07) is 15.0. The summed E-state index contributed by atoms with van der Waals surface area (Å²) in [5, 5.41) is 0. The molecule has 0 saturated carbocycles. The molecule has 4 rings (SSSR count). The molecule has 2 radical (unpaired) electrons. The zero-order valence-electron chi connectivity index (χ0n) is 22.5. The minimum atomic E-state index is 0.391. The number of nitrogens with zero attached hydrogens (tertiary/aromatic N) is 6. The summed E-state index contributed by atoms with van der Waals surface area (Å²) in [4.78, 5) is 9.36. The van der Waals surface area contributed by atoms with Crippen LogP contribution in [0.1, 0.15) is 31.4 Å². The second kappa shape index (κ2) is 12.3. The van der Waals surface area contributed by atoms with Crippen LogP contribution in [0, 0.1) is 0 Å². The maximum atomic E-state index is 6.08. The Morgan fingerprint density at radius 1 is 0.895 bits per heavy atom. The lowest BCUT2D eigenvalue weighted by molar-refractivity contribution is -0.672. The summed E-state index contributed by atoms with van der Waals surface area (Å²) < 4.78 is 24.7. The van der Waals surface area contributed by atoms with Crippen LogP contribution in [0.5, 0.6) is 11.5 Å². The van der Waals surface area contributed by atoms with Crippen LogP contribution in [-0.2, 0) is 30.1 Å². The summed E-state index contributed by atoms with van der Waals surface area (Å²) in [5.74, 6) is 3.82. The first kappa shape index (κ1) is 26.7. The molecule has 0 amide bonds. The summed E-state index contributed by atoms with van der Waals surface area (Å²) in [6.07, 6.45) is 9.83. The normalized spacial score (nSPS) is 12.0.